The Labute approximate surface area is 193 Å². The Balaban J connectivity index is 1.75. The van der Waals surface area contributed by atoms with Crippen molar-refractivity contribution in [2.75, 3.05) is 7.11 Å². The zero-order valence-corrected chi connectivity index (χ0v) is 18.5. The van der Waals surface area contributed by atoms with Gasteiger partial charge >= 0.3 is 10.1 Å². The van der Waals surface area contributed by atoms with Crippen molar-refractivity contribution in [3.05, 3.63) is 93.0 Å². The van der Waals surface area contributed by atoms with Crippen LogP contribution in [0.3, 0.4) is 0 Å². The molecule has 0 atom stereocenters. The third kappa shape index (κ3) is 6.05. The van der Waals surface area contributed by atoms with Crippen LogP contribution in [-0.2, 0) is 10.1 Å². The molecule has 1 N–H and O–H groups in total. The number of amides is 1. The molecular formula is C21H16ClN3O7S. The van der Waals surface area contributed by atoms with Crippen LogP contribution in [0.4, 0.5) is 5.69 Å². The largest absolute Gasteiger partial charge is 0.493 e. The van der Waals surface area contributed by atoms with E-state index in [-0.39, 0.29) is 16.4 Å². The zero-order chi connectivity index (χ0) is 24.0. The molecule has 12 heteroatoms. The summed E-state index contributed by atoms with van der Waals surface area (Å²) in [6, 6.07) is 15.1. The highest BCUT2D eigenvalue weighted by Gasteiger charge is 2.21. The van der Waals surface area contributed by atoms with Crippen molar-refractivity contribution in [2.24, 2.45) is 5.10 Å². The van der Waals surface area contributed by atoms with Gasteiger partial charge in [-0.1, -0.05) is 23.7 Å². The van der Waals surface area contributed by atoms with Gasteiger partial charge in [0.05, 0.1) is 18.2 Å². The minimum Gasteiger partial charge on any atom is -0.493 e. The van der Waals surface area contributed by atoms with E-state index in [1.807, 2.05) is 0 Å². The lowest BCUT2D eigenvalue weighted by molar-refractivity contribution is -0.385. The SMILES string of the molecule is COc1cc(/C=N\NC(=O)c2cccc(Cl)c2)ccc1OS(=O)(=O)c1cccc([N+](=O)[O-])c1. The quantitative estimate of drug-likeness (QED) is 0.220. The summed E-state index contributed by atoms with van der Waals surface area (Å²) in [7, 11) is -3.05. The number of nitro benzene ring substituents is 1. The highest BCUT2D eigenvalue weighted by atomic mass is 35.5. The van der Waals surface area contributed by atoms with Gasteiger partial charge < -0.3 is 8.92 Å². The number of carbonyl (C=O) groups excluding carboxylic acids is 1. The smallest absolute Gasteiger partial charge is 0.339 e. The van der Waals surface area contributed by atoms with Crippen molar-refractivity contribution in [1.29, 1.82) is 0 Å². The normalized spacial score (nSPS) is 11.2. The number of rotatable bonds is 8. The van der Waals surface area contributed by atoms with Gasteiger partial charge in [-0.25, -0.2) is 5.43 Å². The summed E-state index contributed by atoms with van der Waals surface area (Å²) >= 11 is 5.86. The van der Waals surface area contributed by atoms with Crippen LogP contribution in [0.25, 0.3) is 0 Å². The summed E-state index contributed by atoms with van der Waals surface area (Å²) in [5, 5.41) is 15.2. The number of halogens is 1. The molecule has 3 rings (SSSR count). The molecule has 170 valence electrons. The predicted molar refractivity (Wildman–Crippen MR) is 120 cm³/mol. The first kappa shape index (κ1) is 23.7. The van der Waals surface area contributed by atoms with Crippen molar-refractivity contribution in [3.63, 3.8) is 0 Å². The summed E-state index contributed by atoms with van der Waals surface area (Å²) in [5.74, 6) is -0.540. The van der Waals surface area contributed by atoms with Crippen molar-refractivity contribution in [3.8, 4) is 11.5 Å². The number of non-ortho nitro benzene ring substituents is 1. The molecule has 0 unspecified atom stereocenters. The molecule has 0 aromatic heterocycles. The number of methoxy groups -OCH3 is 1. The molecule has 0 spiro atoms. The maximum atomic E-state index is 12.6. The lowest BCUT2D eigenvalue weighted by atomic mass is 10.2. The van der Waals surface area contributed by atoms with Crippen LogP contribution < -0.4 is 14.3 Å². The third-order valence-electron chi connectivity index (χ3n) is 4.17. The standard InChI is InChI=1S/C21H16ClN3O7S/c1-31-20-10-14(13-23-24-21(26)15-4-2-5-16(22)11-15)8-9-19(20)32-33(29,30)18-7-3-6-17(12-18)25(27)28/h2-13H,1H3,(H,24,26)/b23-13-. The van der Waals surface area contributed by atoms with E-state index in [1.165, 1.54) is 55.8 Å². The number of carbonyl (C=O) groups is 1. The first-order valence-corrected chi connectivity index (χ1v) is 10.9. The number of nitrogens with zero attached hydrogens (tertiary/aromatic N) is 2. The Morgan fingerprint density at radius 2 is 1.85 bits per heavy atom. The maximum absolute atomic E-state index is 12.6. The molecule has 10 nitrogen and oxygen atoms in total. The Hall–Kier alpha value is -3.96. The molecule has 1 amide bonds. The Kier molecular flexibility index (Phi) is 7.26. The van der Waals surface area contributed by atoms with Gasteiger partial charge in [0.1, 0.15) is 4.90 Å². The summed E-state index contributed by atoms with van der Waals surface area (Å²) in [4.78, 5) is 21.9. The van der Waals surface area contributed by atoms with Crippen LogP contribution in [0.5, 0.6) is 11.5 Å². The van der Waals surface area contributed by atoms with Gasteiger partial charge in [-0.05, 0) is 48.0 Å². The van der Waals surface area contributed by atoms with Gasteiger partial charge in [-0.15, -0.1) is 0 Å². The van der Waals surface area contributed by atoms with Crippen LogP contribution in [-0.4, -0.2) is 32.6 Å². The van der Waals surface area contributed by atoms with Gasteiger partial charge in [0.15, 0.2) is 11.5 Å². The molecule has 0 heterocycles. The number of hydrogen-bond acceptors (Lipinski definition) is 8. The summed E-state index contributed by atoms with van der Waals surface area (Å²) in [6.07, 6.45) is 1.32. The molecule has 3 aromatic carbocycles. The van der Waals surface area contributed by atoms with Crippen LogP contribution in [0, 0.1) is 10.1 Å². The second-order valence-corrected chi connectivity index (χ2v) is 8.39. The molecular weight excluding hydrogens is 474 g/mol. The number of nitro groups is 1. The lowest BCUT2D eigenvalue weighted by Crippen LogP contribution is -2.17. The Morgan fingerprint density at radius 3 is 2.55 bits per heavy atom. The molecule has 0 aliphatic carbocycles. The third-order valence-corrected chi connectivity index (χ3v) is 5.64. The van der Waals surface area contributed by atoms with Crippen molar-refractivity contribution in [2.45, 2.75) is 4.90 Å². The first-order valence-electron chi connectivity index (χ1n) is 9.15. The van der Waals surface area contributed by atoms with Gasteiger partial charge in [0, 0.05) is 22.7 Å². The number of benzene rings is 3. The Bertz CT molecular complexity index is 1340. The van der Waals surface area contributed by atoms with Gasteiger partial charge in [0.25, 0.3) is 11.6 Å². The number of hydrazone groups is 1. The second-order valence-electron chi connectivity index (χ2n) is 6.41. The average molecular weight is 490 g/mol. The minimum absolute atomic E-state index is 0.0640. The van der Waals surface area contributed by atoms with Crippen LogP contribution >= 0.6 is 11.6 Å². The van der Waals surface area contributed by atoms with Crippen molar-refractivity contribution >= 4 is 39.5 Å². The minimum atomic E-state index is -4.36. The fraction of sp³-hybridized carbons (Fsp3) is 0.0476. The second kappa shape index (κ2) is 10.1. The summed E-state index contributed by atoms with van der Waals surface area (Å²) in [6.45, 7) is 0. The highest BCUT2D eigenvalue weighted by Crippen LogP contribution is 2.31. The van der Waals surface area contributed by atoms with Gasteiger partial charge in [-0.2, -0.15) is 13.5 Å². The van der Waals surface area contributed by atoms with E-state index in [4.69, 9.17) is 20.5 Å². The number of ether oxygens (including phenoxy) is 1. The topological polar surface area (TPSA) is 137 Å². The van der Waals surface area contributed by atoms with Gasteiger partial charge in [0.2, 0.25) is 0 Å². The summed E-state index contributed by atoms with van der Waals surface area (Å²) in [5.41, 5.74) is 2.76. The van der Waals surface area contributed by atoms with E-state index in [2.05, 4.69) is 10.5 Å². The lowest BCUT2D eigenvalue weighted by Gasteiger charge is -2.11. The van der Waals surface area contributed by atoms with E-state index >= 15 is 0 Å². The van der Waals surface area contributed by atoms with Crippen LogP contribution in [0.15, 0.2) is 76.7 Å². The average Bonchev–Trinajstić information content (AvgIpc) is 2.79. The van der Waals surface area contributed by atoms with E-state index in [0.29, 0.717) is 16.1 Å². The van der Waals surface area contributed by atoms with Crippen LogP contribution in [0.2, 0.25) is 5.02 Å². The summed E-state index contributed by atoms with van der Waals surface area (Å²) < 4.78 is 35.4. The molecule has 0 radical (unpaired) electrons. The fourth-order valence-electron chi connectivity index (χ4n) is 2.61. The van der Waals surface area contributed by atoms with Crippen LogP contribution in [0.1, 0.15) is 15.9 Å². The van der Waals surface area contributed by atoms with Crippen molar-refractivity contribution in [1.82, 2.24) is 5.43 Å². The molecule has 0 fully saturated rings. The predicted octanol–water partition coefficient (Wildman–Crippen LogP) is 3.79. The van der Waals surface area contributed by atoms with E-state index in [1.54, 1.807) is 18.2 Å². The molecule has 0 bridgehead atoms. The van der Waals surface area contributed by atoms with Gasteiger partial charge in [-0.3, -0.25) is 14.9 Å². The zero-order valence-electron chi connectivity index (χ0n) is 17.0. The molecule has 0 saturated carbocycles. The maximum Gasteiger partial charge on any atom is 0.339 e. The molecule has 0 aliphatic heterocycles. The number of nitrogens with one attached hydrogen (secondary N) is 1. The monoisotopic (exact) mass is 489 g/mol. The molecule has 0 saturated heterocycles. The van der Waals surface area contributed by atoms with Crippen molar-refractivity contribution < 1.29 is 27.1 Å². The first-order chi connectivity index (χ1) is 15.7. The molecule has 33 heavy (non-hydrogen) atoms. The number of hydrogen-bond donors (Lipinski definition) is 1. The van der Waals surface area contributed by atoms with E-state index in [9.17, 15) is 23.3 Å². The molecule has 0 aliphatic rings. The van der Waals surface area contributed by atoms with E-state index in [0.717, 1.165) is 6.07 Å². The fourth-order valence-corrected chi connectivity index (χ4v) is 3.78. The highest BCUT2D eigenvalue weighted by molar-refractivity contribution is 7.87. The van der Waals surface area contributed by atoms with E-state index < -0.39 is 26.6 Å². The Morgan fingerprint density at radius 1 is 1.09 bits per heavy atom. The molecule has 3 aromatic rings.